The molecule has 0 unspecified atom stereocenters. The molecule has 6 aromatic rings. The molecule has 1 aliphatic rings. The van der Waals surface area contributed by atoms with Crippen LogP contribution in [0.5, 0.6) is 0 Å². The van der Waals surface area contributed by atoms with Crippen molar-refractivity contribution in [2.24, 2.45) is 0 Å². The Kier molecular flexibility index (Phi) is 11.6. The SMILES string of the molecule is C[C@H](c1ccc2ccccc2c1)N(C)C[C@H]1C[C@@H](c2ccc(CO)cc2)O[C@@H](c2ccc(-c3ccccc3CNC(=O)c3c(F)c(F)c(F)c(F)c3F)cc2)O1. The standard InChI is InChI=1S/C45H39F5N2O4/c1-26(32-20-15-28-7-3-4-8-33(28)21-32)52(2)24-35-22-37(30-13-11-27(25-53)12-14-30)56-45(55-35)31-18-16-29(17-19-31)36-10-6-5-9-34(36)23-51-44(54)38-39(46)41(48)43(50)42(49)40(38)47/h3-21,26,35,37,45,53H,22-25H2,1-2H3,(H,51,54)/t26-,35-,37+,45+/m1/s1. The summed E-state index contributed by atoms with van der Waals surface area (Å²) in [4.78, 5) is 14.9. The topological polar surface area (TPSA) is 71.0 Å². The maximum atomic E-state index is 14.3. The van der Waals surface area contributed by atoms with Gasteiger partial charge in [-0.15, -0.1) is 0 Å². The van der Waals surface area contributed by atoms with Crippen LogP contribution in [0.15, 0.2) is 115 Å². The number of amides is 1. The van der Waals surface area contributed by atoms with Gasteiger partial charge in [-0.3, -0.25) is 9.69 Å². The molecule has 56 heavy (non-hydrogen) atoms. The number of nitrogens with one attached hydrogen (secondary N) is 1. The zero-order chi connectivity index (χ0) is 39.5. The van der Waals surface area contributed by atoms with Gasteiger partial charge in [-0.25, -0.2) is 22.0 Å². The van der Waals surface area contributed by atoms with Gasteiger partial charge in [-0.1, -0.05) is 109 Å². The van der Waals surface area contributed by atoms with Crippen molar-refractivity contribution in [3.8, 4) is 11.1 Å². The van der Waals surface area contributed by atoms with E-state index in [4.69, 9.17) is 9.47 Å². The first kappa shape index (κ1) is 38.8. The average Bonchev–Trinajstić information content (AvgIpc) is 3.24. The van der Waals surface area contributed by atoms with Gasteiger partial charge in [0.2, 0.25) is 5.82 Å². The monoisotopic (exact) mass is 766 g/mol. The Morgan fingerprint density at radius 2 is 1.39 bits per heavy atom. The minimum atomic E-state index is -2.34. The lowest BCUT2D eigenvalue weighted by atomic mass is 9.97. The first-order valence-electron chi connectivity index (χ1n) is 18.2. The second-order valence-corrected chi connectivity index (χ2v) is 14.0. The fourth-order valence-corrected chi connectivity index (χ4v) is 7.08. The normalized spacial score (nSPS) is 17.6. The van der Waals surface area contributed by atoms with Gasteiger partial charge in [0.05, 0.1) is 18.8 Å². The van der Waals surface area contributed by atoms with Crippen LogP contribution in [0.4, 0.5) is 22.0 Å². The zero-order valence-electron chi connectivity index (χ0n) is 30.6. The Labute approximate surface area is 321 Å². The number of aliphatic hydroxyl groups excluding tert-OH is 1. The number of hydrogen-bond donors (Lipinski definition) is 2. The van der Waals surface area contributed by atoms with Gasteiger partial charge in [-0.2, -0.15) is 0 Å². The Balaban J connectivity index is 1.09. The minimum Gasteiger partial charge on any atom is -0.392 e. The van der Waals surface area contributed by atoms with Crippen LogP contribution in [-0.2, 0) is 22.6 Å². The molecule has 1 heterocycles. The molecule has 0 bridgehead atoms. The van der Waals surface area contributed by atoms with E-state index in [-0.39, 0.29) is 31.4 Å². The first-order valence-corrected chi connectivity index (χ1v) is 18.2. The summed E-state index contributed by atoms with van der Waals surface area (Å²) in [6, 6.07) is 37.0. The molecule has 2 N–H and O–H groups in total. The Morgan fingerprint density at radius 3 is 2.09 bits per heavy atom. The van der Waals surface area contributed by atoms with E-state index in [0.29, 0.717) is 24.1 Å². The number of fused-ring (bicyclic) bond motifs is 1. The van der Waals surface area contributed by atoms with Crippen LogP contribution in [-0.4, -0.2) is 35.6 Å². The number of rotatable bonds is 11. The summed E-state index contributed by atoms with van der Waals surface area (Å²) >= 11 is 0. The average molecular weight is 767 g/mol. The molecule has 1 saturated heterocycles. The van der Waals surface area contributed by atoms with Crippen molar-refractivity contribution >= 4 is 16.7 Å². The van der Waals surface area contributed by atoms with Crippen LogP contribution in [0, 0.1) is 29.1 Å². The highest BCUT2D eigenvalue weighted by molar-refractivity contribution is 5.95. The molecule has 0 saturated carbocycles. The highest BCUT2D eigenvalue weighted by Gasteiger charge is 2.34. The summed E-state index contributed by atoms with van der Waals surface area (Å²) in [6.45, 7) is 2.48. The fourth-order valence-electron chi connectivity index (χ4n) is 7.08. The van der Waals surface area contributed by atoms with Gasteiger partial charge in [0.1, 0.15) is 5.56 Å². The number of carbonyl (C=O) groups is 1. The molecule has 6 aromatic carbocycles. The molecule has 1 aliphatic heterocycles. The molecule has 7 rings (SSSR count). The third-order valence-corrected chi connectivity index (χ3v) is 10.4. The van der Waals surface area contributed by atoms with Crippen molar-refractivity contribution in [2.45, 2.75) is 51.0 Å². The van der Waals surface area contributed by atoms with Crippen molar-refractivity contribution in [1.29, 1.82) is 0 Å². The van der Waals surface area contributed by atoms with Crippen molar-refractivity contribution < 1.29 is 41.3 Å². The van der Waals surface area contributed by atoms with Crippen LogP contribution in [0.3, 0.4) is 0 Å². The Hall–Kier alpha value is -5.46. The third-order valence-electron chi connectivity index (χ3n) is 10.4. The van der Waals surface area contributed by atoms with Gasteiger partial charge < -0.3 is 19.9 Å². The Bertz CT molecular complexity index is 2330. The van der Waals surface area contributed by atoms with Crippen LogP contribution >= 0.6 is 0 Å². The van der Waals surface area contributed by atoms with E-state index in [1.807, 2.05) is 60.7 Å². The molecule has 4 atom stereocenters. The van der Waals surface area contributed by atoms with Gasteiger partial charge in [-0.05, 0) is 64.2 Å². The molecule has 0 aliphatic carbocycles. The highest BCUT2D eigenvalue weighted by Crippen LogP contribution is 2.39. The number of ether oxygens (including phenoxy) is 2. The smallest absolute Gasteiger partial charge is 0.257 e. The molecule has 288 valence electrons. The van der Waals surface area contributed by atoms with Crippen molar-refractivity contribution in [3.05, 3.63) is 178 Å². The first-order chi connectivity index (χ1) is 27.0. The predicted octanol–water partition coefficient (Wildman–Crippen LogP) is 9.86. The van der Waals surface area contributed by atoms with E-state index < -0.39 is 46.8 Å². The predicted molar refractivity (Wildman–Crippen MR) is 203 cm³/mol. The van der Waals surface area contributed by atoms with E-state index in [0.717, 1.165) is 22.3 Å². The molecule has 11 heteroatoms. The molecular formula is C45H39F5N2O4. The minimum absolute atomic E-state index is 0.0647. The van der Waals surface area contributed by atoms with Gasteiger partial charge in [0.15, 0.2) is 29.6 Å². The lowest BCUT2D eigenvalue weighted by Gasteiger charge is -2.39. The molecule has 1 fully saturated rings. The second kappa shape index (κ2) is 16.7. The van der Waals surface area contributed by atoms with E-state index in [1.54, 1.807) is 24.3 Å². The van der Waals surface area contributed by atoms with Crippen molar-refractivity contribution in [1.82, 2.24) is 10.2 Å². The molecule has 6 nitrogen and oxygen atoms in total. The number of benzene rings is 6. The lowest BCUT2D eigenvalue weighted by Crippen LogP contribution is -2.38. The van der Waals surface area contributed by atoms with Gasteiger partial charge in [0.25, 0.3) is 5.91 Å². The summed E-state index contributed by atoms with van der Waals surface area (Å²) < 4.78 is 82.8. The fraction of sp³-hybridized carbons (Fsp3) is 0.222. The van der Waals surface area contributed by atoms with E-state index in [2.05, 4.69) is 54.5 Å². The number of halogens is 5. The number of aliphatic hydroxyl groups is 1. The van der Waals surface area contributed by atoms with Crippen LogP contribution in [0.2, 0.25) is 0 Å². The summed E-state index contributed by atoms with van der Waals surface area (Å²) in [6.07, 6.45) is -0.611. The van der Waals surface area contributed by atoms with E-state index in [9.17, 15) is 31.9 Å². The quantitative estimate of drug-likeness (QED) is 0.0781. The van der Waals surface area contributed by atoms with Gasteiger partial charge >= 0.3 is 0 Å². The molecule has 0 spiro atoms. The molecule has 1 amide bonds. The number of nitrogens with zero attached hydrogens (tertiary/aromatic N) is 1. The molecular weight excluding hydrogens is 727 g/mol. The number of carbonyl (C=O) groups excluding carboxylic acids is 1. The van der Waals surface area contributed by atoms with Crippen molar-refractivity contribution in [3.63, 3.8) is 0 Å². The summed E-state index contributed by atoms with van der Waals surface area (Å²) in [5, 5.41) is 14.3. The summed E-state index contributed by atoms with van der Waals surface area (Å²) in [5.41, 5.74) is 4.11. The highest BCUT2D eigenvalue weighted by atomic mass is 19.2. The maximum Gasteiger partial charge on any atom is 0.257 e. The van der Waals surface area contributed by atoms with Crippen LogP contribution in [0.1, 0.15) is 70.0 Å². The Morgan fingerprint density at radius 1 is 0.768 bits per heavy atom. The second-order valence-electron chi connectivity index (χ2n) is 14.0. The van der Waals surface area contributed by atoms with Crippen molar-refractivity contribution in [2.75, 3.05) is 13.6 Å². The van der Waals surface area contributed by atoms with Crippen LogP contribution < -0.4 is 5.32 Å². The largest absolute Gasteiger partial charge is 0.392 e. The summed E-state index contributed by atoms with van der Waals surface area (Å²) in [7, 11) is 2.08. The van der Waals surface area contributed by atoms with Gasteiger partial charge in [0, 0.05) is 31.1 Å². The third kappa shape index (κ3) is 8.08. The molecule has 0 aromatic heterocycles. The molecule has 0 radical (unpaired) electrons. The van der Waals surface area contributed by atoms with Crippen LogP contribution in [0.25, 0.3) is 21.9 Å². The maximum absolute atomic E-state index is 14.3. The zero-order valence-corrected chi connectivity index (χ0v) is 30.6. The number of hydrogen-bond acceptors (Lipinski definition) is 5. The lowest BCUT2D eigenvalue weighted by molar-refractivity contribution is -0.253. The van der Waals surface area contributed by atoms with E-state index >= 15 is 0 Å². The number of likely N-dealkylation sites (N-methyl/N-ethyl adjacent to an activating group) is 1. The van der Waals surface area contributed by atoms with E-state index in [1.165, 1.54) is 16.3 Å². The summed E-state index contributed by atoms with van der Waals surface area (Å²) in [5.74, 6) is -12.6.